The molecule has 1 heterocycles. The summed E-state index contributed by atoms with van der Waals surface area (Å²) < 4.78 is 0.667. The Balaban J connectivity index is 2.20. The van der Waals surface area contributed by atoms with Crippen LogP contribution in [0.3, 0.4) is 0 Å². The third kappa shape index (κ3) is 2.70. The van der Waals surface area contributed by atoms with Gasteiger partial charge in [-0.3, -0.25) is 4.79 Å². The van der Waals surface area contributed by atoms with Crippen LogP contribution in [0.25, 0.3) is 0 Å². The Morgan fingerprint density at radius 3 is 2.94 bits per heavy atom. The molecule has 0 saturated carbocycles. The summed E-state index contributed by atoms with van der Waals surface area (Å²) in [5, 5.41) is 13.1. The summed E-state index contributed by atoms with van der Waals surface area (Å²) in [4.78, 5) is 15.6. The SMILES string of the molecule is N#Cc1ccc(NC(=O)c2cscn2)c(Br)c1. The highest BCUT2D eigenvalue weighted by atomic mass is 79.9. The molecule has 1 aromatic carbocycles. The molecule has 1 N–H and O–H groups in total. The zero-order valence-corrected chi connectivity index (χ0v) is 10.9. The lowest BCUT2D eigenvalue weighted by molar-refractivity contribution is 0.102. The third-order valence-electron chi connectivity index (χ3n) is 2.01. The Labute approximate surface area is 110 Å². The minimum absolute atomic E-state index is 0.267. The fourth-order valence-electron chi connectivity index (χ4n) is 1.20. The number of anilines is 1. The number of nitrogens with zero attached hydrogens (tertiary/aromatic N) is 2. The van der Waals surface area contributed by atoms with Crippen LogP contribution in [0.4, 0.5) is 5.69 Å². The zero-order chi connectivity index (χ0) is 12.3. The van der Waals surface area contributed by atoms with Gasteiger partial charge in [-0.05, 0) is 34.1 Å². The Morgan fingerprint density at radius 2 is 2.35 bits per heavy atom. The van der Waals surface area contributed by atoms with Gasteiger partial charge in [0.05, 0.1) is 22.8 Å². The number of carbonyl (C=O) groups excluding carboxylic acids is 1. The van der Waals surface area contributed by atoms with Gasteiger partial charge >= 0.3 is 0 Å². The Kier molecular flexibility index (Phi) is 3.52. The van der Waals surface area contributed by atoms with Gasteiger partial charge in [-0.15, -0.1) is 11.3 Å². The number of benzene rings is 1. The zero-order valence-electron chi connectivity index (χ0n) is 8.48. The van der Waals surface area contributed by atoms with Crippen molar-refractivity contribution in [3.05, 3.63) is 44.8 Å². The number of aromatic nitrogens is 1. The second kappa shape index (κ2) is 5.08. The highest BCUT2D eigenvalue weighted by molar-refractivity contribution is 9.10. The van der Waals surface area contributed by atoms with Crippen molar-refractivity contribution in [2.24, 2.45) is 0 Å². The number of nitriles is 1. The highest BCUT2D eigenvalue weighted by Gasteiger charge is 2.10. The number of hydrogen-bond acceptors (Lipinski definition) is 4. The third-order valence-corrected chi connectivity index (χ3v) is 3.25. The lowest BCUT2D eigenvalue weighted by Gasteiger charge is -2.05. The van der Waals surface area contributed by atoms with E-state index in [1.165, 1.54) is 11.3 Å². The van der Waals surface area contributed by atoms with Crippen LogP contribution in [-0.4, -0.2) is 10.9 Å². The van der Waals surface area contributed by atoms with Gasteiger partial charge in [0.1, 0.15) is 5.69 Å². The second-order valence-corrected chi connectivity index (χ2v) is 4.71. The van der Waals surface area contributed by atoms with Gasteiger partial charge in [-0.2, -0.15) is 5.26 Å². The standard InChI is InChI=1S/C11H6BrN3OS/c12-8-3-7(4-13)1-2-9(8)15-11(16)10-5-17-6-14-10/h1-3,5-6H,(H,15,16). The molecular formula is C11H6BrN3OS. The average Bonchev–Trinajstić information content (AvgIpc) is 2.85. The molecule has 0 unspecified atom stereocenters. The topological polar surface area (TPSA) is 65.8 Å². The molecule has 0 spiro atoms. The Bertz CT molecular complexity index is 589. The number of thiazole rings is 1. The minimum atomic E-state index is -0.267. The van der Waals surface area contributed by atoms with E-state index < -0.39 is 0 Å². The molecular weight excluding hydrogens is 302 g/mol. The first-order valence-electron chi connectivity index (χ1n) is 4.60. The largest absolute Gasteiger partial charge is 0.320 e. The van der Waals surface area contributed by atoms with E-state index >= 15 is 0 Å². The van der Waals surface area contributed by atoms with Crippen molar-refractivity contribution in [2.45, 2.75) is 0 Å². The van der Waals surface area contributed by atoms with Crippen LogP contribution >= 0.6 is 27.3 Å². The summed E-state index contributed by atoms with van der Waals surface area (Å²) in [6.07, 6.45) is 0. The second-order valence-electron chi connectivity index (χ2n) is 3.13. The molecule has 0 radical (unpaired) electrons. The van der Waals surface area contributed by atoms with Crippen LogP contribution < -0.4 is 5.32 Å². The molecule has 0 aliphatic carbocycles. The van der Waals surface area contributed by atoms with Gasteiger partial charge in [-0.25, -0.2) is 4.98 Å². The van der Waals surface area contributed by atoms with E-state index in [9.17, 15) is 4.79 Å². The summed E-state index contributed by atoms with van der Waals surface area (Å²) >= 11 is 4.66. The van der Waals surface area contributed by atoms with Gasteiger partial charge < -0.3 is 5.32 Å². The summed E-state index contributed by atoms with van der Waals surface area (Å²) in [7, 11) is 0. The number of carbonyl (C=O) groups is 1. The van der Waals surface area contributed by atoms with Gasteiger partial charge in [0.15, 0.2) is 0 Å². The first-order chi connectivity index (χ1) is 8.20. The first kappa shape index (κ1) is 11.8. The maximum absolute atomic E-state index is 11.7. The monoisotopic (exact) mass is 307 g/mol. The summed E-state index contributed by atoms with van der Waals surface area (Å²) in [6, 6.07) is 6.99. The van der Waals surface area contributed by atoms with E-state index in [-0.39, 0.29) is 5.91 Å². The summed E-state index contributed by atoms with van der Waals surface area (Å²) in [5.74, 6) is -0.267. The molecule has 0 atom stereocenters. The van der Waals surface area contributed by atoms with Crippen molar-refractivity contribution < 1.29 is 4.79 Å². The molecule has 1 amide bonds. The van der Waals surface area contributed by atoms with Crippen molar-refractivity contribution in [3.63, 3.8) is 0 Å². The lowest BCUT2D eigenvalue weighted by Crippen LogP contribution is -2.12. The van der Waals surface area contributed by atoms with Crippen LogP contribution in [0.5, 0.6) is 0 Å². The van der Waals surface area contributed by atoms with Gasteiger partial charge in [0.2, 0.25) is 0 Å². The molecule has 0 aliphatic heterocycles. The van der Waals surface area contributed by atoms with E-state index in [2.05, 4.69) is 26.2 Å². The van der Waals surface area contributed by atoms with Crippen molar-refractivity contribution in [2.75, 3.05) is 5.32 Å². The van der Waals surface area contributed by atoms with Crippen molar-refractivity contribution >= 4 is 38.9 Å². The molecule has 0 saturated heterocycles. The molecule has 84 valence electrons. The summed E-state index contributed by atoms with van der Waals surface area (Å²) in [5.41, 5.74) is 3.12. The van der Waals surface area contributed by atoms with Crippen LogP contribution in [-0.2, 0) is 0 Å². The lowest BCUT2D eigenvalue weighted by atomic mass is 10.2. The van der Waals surface area contributed by atoms with Gasteiger partial charge in [0, 0.05) is 9.85 Å². The first-order valence-corrected chi connectivity index (χ1v) is 6.33. The molecule has 17 heavy (non-hydrogen) atoms. The number of amides is 1. The van der Waals surface area contributed by atoms with E-state index in [0.717, 1.165) is 0 Å². The molecule has 1 aromatic heterocycles. The smallest absolute Gasteiger partial charge is 0.275 e. The van der Waals surface area contributed by atoms with E-state index in [4.69, 9.17) is 5.26 Å². The Morgan fingerprint density at radius 1 is 1.53 bits per heavy atom. The van der Waals surface area contributed by atoms with Crippen molar-refractivity contribution in [1.82, 2.24) is 4.98 Å². The predicted octanol–water partition coefficient (Wildman–Crippen LogP) is 3.03. The molecule has 2 rings (SSSR count). The van der Waals surface area contributed by atoms with Crippen LogP contribution in [0, 0.1) is 11.3 Å². The Hall–Kier alpha value is -1.71. The normalized spacial score (nSPS) is 9.65. The van der Waals surface area contributed by atoms with Crippen LogP contribution in [0.1, 0.15) is 16.1 Å². The van der Waals surface area contributed by atoms with E-state index in [1.807, 2.05) is 6.07 Å². The quantitative estimate of drug-likeness (QED) is 0.927. The maximum Gasteiger partial charge on any atom is 0.275 e. The fraction of sp³-hybridized carbons (Fsp3) is 0. The highest BCUT2D eigenvalue weighted by Crippen LogP contribution is 2.23. The van der Waals surface area contributed by atoms with Crippen LogP contribution in [0.2, 0.25) is 0 Å². The molecule has 6 heteroatoms. The number of nitrogens with one attached hydrogen (secondary N) is 1. The van der Waals surface area contributed by atoms with E-state index in [1.54, 1.807) is 29.1 Å². The fourth-order valence-corrected chi connectivity index (χ4v) is 2.21. The van der Waals surface area contributed by atoms with E-state index in [0.29, 0.717) is 21.4 Å². The summed E-state index contributed by atoms with van der Waals surface area (Å²) in [6.45, 7) is 0. The maximum atomic E-state index is 11.7. The molecule has 4 nitrogen and oxygen atoms in total. The van der Waals surface area contributed by atoms with Gasteiger partial charge in [-0.1, -0.05) is 0 Å². The number of rotatable bonds is 2. The average molecular weight is 308 g/mol. The van der Waals surface area contributed by atoms with Crippen LogP contribution in [0.15, 0.2) is 33.6 Å². The number of hydrogen-bond donors (Lipinski definition) is 1. The van der Waals surface area contributed by atoms with Crippen molar-refractivity contribution in [3.8, 4) is 6.07 Å². The predicted molar refractivity (Wildman–Crippen MR) is 68.9 cm³/mol. The molecule has 0 bridgehead atoms. The number of halogens is 1. The molecule has 0 aliphatic rings. The molecule has 2 aromatic rings. The van der Waals surface area contributed by atoms with Gasteiger partial charge in [0.25, 0.3) is 5.91 Å². The minimum Gasteiger partial charge on any atom is -0.320 e. The molecule has 0 fully saturated rings. The van der Waals surface area contributed by atoms with Crippen molar-refractivity contribution in [1.29, 1.82) is 5.26 Å².